The molecule has 1 fully saturated rings. The second-order valence-corrected chi connectivity index (χ2v) is 7.86. The molecule has 1 atom stereocenters. The third-order valence-corrected chi connectivity index (χ3v) is 5.53. The van der Waals surface area contributed by atoms with Gasteiger partial charge in [0.05, 0.1) is 6.42 Å². The maximum atomic E-state index is 12.3. The average Bonchev–Trinajstić information content (AvgIpc) is 2.70. The summed E-state index contributed by atoms with van der Waals surface area (Å²) in [6, 6.07) is 16.7. The Bertz CT molecular complexity index is 765. The van der Waals surface area contributed by atoms with Crippen LogP contribution < -0.4 is 11.1 Å². The third-order valence-electron chi connectivity index (χ3n) is 4.59. The number of anilines is 1. The Hall–Kier alpha value is -2.02. The van der Waals surface area contributed by atoms with Gasteiger partial charge in [-0.15, -0.1) is 12.4 Å². The number of nitrogens with zero attached hydrogens (tertiary/aromatic N) is 1. The Morgan fingerprint density at radius 2 is 1.68 bits per heavy atom. The van der Waals surface area contributed by atoms with Crippen molar-refractivity contribution in [1.29, 1.82) is 0 Å². The van der Waals surface area contributed by atoms with Crippen molar-refractivity contribution in [1.82, 2.24) is 4.90 Å². The fraction of sp³-hybridized carbons (Fsp3) is 0.333. The Balaban J connectivity index is 0.00000280. The first-order valence-corrected chi connectivity index (χ1v) is 10.3. The number of hydrogen-bond acceptors (Lipinski definition) is 4. The molecule has 0 saturated carbocycles. The van der Waals surface area contributed by atoms with Crippen LogP contribution in [0.2, 0.25) is 0 Å². The van der Waals surface area contributed by atoms with E-state index in [0.29, 0.717) is 12.1 Å². The lowest BCUT2D eigenvalue weighted by atomic mass is 10.0. The number of carbonyl (C=O) groups excluding carboxylic acids is 2. The highest BCUT2D eigenvalue weighted by Gasteiger charge is 2.17. The molecule has 2 aromatic carbocycles. The van der Waals surface area contributed by atoms with Gasteiger partial charge in [0.1, 0.15) is 0 Å². The van der Waals surface area contributed by atoms with Gasteiger partial charge in [-0.3, -0.25) is 9.59 Å². The van der Waals surface area contributed by atoms with E-state index in [1.165, 1.54) is 0 Å². The van der Waals surface area contributed by atoms with Crippen molar-refractivity contribution in [3.05, 3.63) is 65.7 Å². The Labute approximate surface area is 176 Å². The molecular weight excluding hydrogens is 394 g/mol. The molecule has 2 amide bonds. The van der Waals surface area contributed by atoms with Crippen LogP contribution in [0, 0.1) is 0 Å². The summed E-state index contributed by atoms with van der Waals surface area (Å²) in [6.07, 6.45) is 0.620. The summed E-state index contributed by atoms with van der Waals surface area (Å²) in [5.74, 6) is 2.07. The zero-order valence-electron chi connectivity index (χ0n) is 15.7. The van der Waals surface area contributed by atoms with Gasteiger partial charge < -0.3 is 16.0 Å². The topological polar surface area (TPSA) is 75.4 Å². The number of nitrogens with one attached hydrogen (secondary N) is 1. The fourth-order valence-corrected chi connectivity index (χ4v) is 3.94. The SMILES string of the molecule is Cl.NC(CC(=O)Nc1ccc(CC(=O)N2CCSCC2)cc1)c1ccccc1. The molecule has 3 N–H and O–H groups in total. The third kappa shape index (κ3) is 6.55. The second-order valence-electron chi connectivity index (χ2n) is 6.64. The number of amides is 2. The lowest BCUT2D eigenvalue weighted by Crippen LogP contribution is -2.38. The molecule has 1 heterocycles. The first-order valence-electron chi connectivity index (χ1n) is 9.16. The Morgan fingerprint density at radius 3 is 2.32 bits per heavy atom. The molecule has 0 radical (unpaired) electrons. The van der Waals surface area contributed by atoms with E-state index in [-0.39, 0.29) is 36.7 Å². The molecule has 5 nitrogen and oxygen atoms in total. The fourth-order valence-electron chi connectivity index (χ4n) is 3.03. The number of nitrogens with two attached hydrogens (primary N) is 1. The minimum atomic E-state index is -0.328. The van der Waals surface area contributed by atoms with E-state index in [9.17, 15) is 9.59 Å². The van der Waals surface area contributed by atoms with Gasteiger partial charge in [0.2, 0.25) is 11.8 Å². The summed E-state index contributed by atoms with van der Waals surface area (Å²) in [7, 11) is 0. The summed E-state index contributed by atoms with van der Waals surface area (Å²) in [5, 5.41) is 2.87. The van der Waals surface area contributed by atoms with Crippen LogP contribution in [0.5, 0.6) is 0 Å². The van der Waals surface area contributed by atoms with Crippen LogP contribution in [0.4, 0.5) is 5.69 Å². The predicted molar refractivity (Wildman–Crippen MR) is 118 cm³/mol. The molecule has 0 spiro atoms. The van der Waals surface area contributed by atoms with Gasteiger partial charge in [-0.1, -0.05) is 42.5 Å². The van der Waals surface area contributed by atoms with Gasteiger partial charge in [0.25, 0.3) is 0 Å². The summed E-state index contributed by atoms with van der Waals surface area (Å²) >= 11 is 1.89. The quantitative estimate of drug-likeness (QED) is 0.753. The van der Waals surface area contributed by atoms with Crippen LogP contribution in [0.1, 0.15) is 23.6 Å². The minimum absolute atomic E-state index is 0. The van der Waals surface area contributed by atoms with Crippen LogP contribution in [0.25, 0.3) is 0 Å². The van der Waals surface area contributed by atoms with Crippen molar-refractivity contribution in [2.45, 2.75) is 18.9 Å². The lowest BCUT2D eigenvalue weighted by molar-refractivity contribution is -0.130. The van der Waals surface area contributed by atoms with Crippen molar-refractivity contribution in [2.75, 3.05) is 29.9 Å². The zero-order chi connectivity index (χ0) is 19.1. The molecule has 7 heteroatoms. The number of hydrogen-bond donors (Lipinski definition) is 2. The molecule has 28 heavy (non-hydrogen) atoms. The highest BCUT2D eigenvalue weighted by molar-refractivity contribution is 7.99. The predicted octanol–water partition coefficient (Wildman–Crippen LogP) is 3.25. The van der Waals surface area contributed by atoms with Crippen LogP contribution >= 0.6 is 24.2 Å². The van der Waals surface area contributed by atoms with Gasteiger partial charge in [0.15, 0.2) is 0 Å². The van der Waals surface area contributed by atoms with E-state index >= 15 is 0 Å². The van der Waals surface area contributed by atoms with E-state index in [4.69, 9.17) is 5.73 Å². The van der Waals surface area contributed by atoms with Crippen LogP contribution in [0.15, 0.2) is 54.6 Å². The second kappa shape index (κ2) is 11.1. The zero-order valence-corrected chi connectivity index (χ0v) is 17.3. The molecule has 1 aliphatic rings. The Kier molecular flexibility index (Phi) is 8.83. The van der Waals surface area contributed by atoms with E-state index in [1.54, 1.807) is 0 Å². The number of benzene rings is 2. The van der Waals surface area contributed by atoms with Crippen molar-refractivity contribution >= 4 is 41.7 Å². The highest BCUT2D eigenvalue weighted by atomic mass is 35.5. The van der Waals surface area contributed by atoms with Crippen LogP contribution in [-0.2, 0) is 16.0 Å². The minimum Gasteiger partial charge on any atom is -0.341 e. The first-order chi connectivity index (χ1) is 13.1. The molecule has 1 saturated heterocycles. The van der Waals surface area contributed by atoms with Crippen molar-refractivity contribution in [3.63, 3.8) is 0 Å². The molecule has 0 bridgehead atoms. The average molecular weight is 420 g/mol. The maximum absolute atomic E-state index is 12.3. The standard InChI is InChI=1S/C21H25N3O2S.ClH/c22-19(17-4-2-1-3-5-17)15-20(25)23-18-8-6-16(7-9-18)14-21(26)24-10-12-27-13-11-24;/h1-9,19H,10-15,22H2,(H,23,25);1H. The normalized spacial score (nSPS) is 14.7. The van der Waals surface area contributed by atoms with E-state index < -0.39 is 0 Å². The molecule has 1 aliphatic heterocycles. The number of rotatable bonds is 6. The van der Waals surface area contributed by atoms with Gasteiger partial charge in [-0.05, 0) is 23.3 Å². The first kappa shape index (κ1) is 22.3. The largest absolute Gasteiger partial charge is 0.341 e. The maximum Gasteiger partial charge on any atom is 0.227 e. The van der Waals surface area contributed by atoms with Crippen LogP contribution in [0.3, 0.4) is 0 Å². The van der Waals surface area contributed by atoms with Crippen molar-refractivity contribution in [2.24, 2.45) is 5.73 Å². The van der Waals surface area contributed by atoms with Crippen molar-refractivity contribution < 1.29 is 9.59 Å². The molecule has 0 aliphatic carbocycles. The summed E-state index contributed by atoms with van der Waals surface area (Å²) in [4.78, 5) is 26.5. The lowest BCUT2D eigenvalue weighted by Gasteiger charge is -2.26. The molecule has 150 valence electrons. The summed E-state index contributed by atoms with van der Waals surface area (Å²) in [6.45, 7) is 1.67. The smallest absolute Gasteiger partial charge is 0.227 e. The van der Waals surface area contributed by atoms with Gasteiger partial charge in [-0.2, -0.15) is 11.8 Å². The van der Waals surface area contributed by atoms with E-state index in [0.717, 1.165) is 35.7 Å². The molecule has 1 unspecified atom stereocenters. The van der Waals surface area contributed by atoms with Gasteiger partial charge >= 0.3 is 0 Å². The highest BCUT2D eigenvalue weighted by Crippen LogP contribution is 2.17. The van der Waals surface area contributed by atoms with E-state index in [1.807, 2.05) is 71.3 Å². The molecule has 2 aromatic rings. The number of carbonyl (C=O) groups is 2. The Morgan fingerprint density at radius 1 is 1.04 bits per heavy atom. The van der Waals surface area contributed by atoms with Crippen molar-refractivity contribution in [3.8, 4) is 0 Å². The number of thioether (sulfide) groups is 1. The molecule has 3 rings (SSSR count). The van der Waals surface area contributed by atoms with Crippen LogP contribution in [-0.4, -0.2) is 41.3 Å². The van der Waals surface area contributed by atoms with Gasteiger partial charge in [0, 0.05) is 42.7 Å². The monoisotopic (exact) mass is 419 g/mol. The molecule has 0 aromatic heterocycles. The summed E-state index contributed by atoms with van der Waals surface area (Å²) in [5.41, 5.74) is 8.71. The van der Waals surface area contributed by atoms with Gasteiger partial charge in [-0.25, -0.2) is 0 Å². The number of halogens is 1. The van der Waals surface area contributed by atoms with E-state index in [2.05, 4.69) is 5.32 Å². The molecular formula is C21H26ClN3O2S. The summed E-state index contributed by atoms with van der Waals surface area (Å²) < 4.78 is 0.